The maximum Gasteiger partial charge on any atom is 0.243 e. The lowest BCUT2D eigenvalue weighted by atomic mass is 9.79. The van der Waals surface area contributed by atoms with Crippen molar-refractivity contribution in [2.75, 3.05) is 78.3 Å². The largest absolute Gasteiger partial charge is 0.490 e. The molecule has 1 N–H and O–H groups in total. The third kappa shape index (κ3) is 9.91. The Labute approximate surface area is 309 Å². The first-order valence-corrected chi connectivity index (χ1v) is 19.7. The average Bonchev–Trinajstić information content (AvgIpc) is 3.14. The Kier molecular flexibility index (Phi) is 14.5. The van der Waals surface area contributed by atoms with Crippen LogP contribution in [0.3, 0.4) is 0 Å². The summed E-state index contributed by atoms with van der Waals surface area (Å²) in [7, 11) is -0.490. The van der Waals surface area contributed by atoms with Crippen LogP contribution in [-0.2, 0) is 58.9 Å². The molecule has 11 nitrogen and oxygen atoms in total. The van der Waals surface area contributed by atoms with Crippen molar-refractivity contribution in [3.63, 3.8) is 0 Å². The number of piperidine rings is 1. The van der Waals surface area contributed by atoms with Crippen LogP contribution < -0.4 is 9.64 Å². The van der Waals surface area contributed by atoms with Crippen molar-refractivity contribution in [2.24, 2.45) is 0 Å². The van der Waals surface area contributed by atoms with E-state index in [2.05, 4.69) is 11.0 Å². The first-order valence-electron chi connectivity index (χ1n) is 18.3. The van der Waals surface area contributed by atoms with Crippen molar-refractivity contribution in [3.05, 3.63) is 88.5 Å². The molecule has 0 aromatic heterocycles. The van der Waals surface area contributed by atoms with Gasteiger partial charge in [0.25, 0.3) is 0 Å². The van der Waals surface area contributed by atoms with E-state index in [-0.39, 0.29) is 37.1 Å². The van der Waals surface area contributed by atoms with Crippen LogP contribution in [0.15, 0.2) is 65.6 Å². The molecule has 1 saturated heterocycles. The molecule has 1 unspecified atom stereocenters. The summed E-state index contributed by atoms with van der Waals surface area (Å²) in [5, 5.41) is 12.7. The molecule has 3 atom stereocenters. The summed E-state index contributed by atoms with van der Waals surface area (Å²) in [6.07, 6.45) is 0.704. The number of benzene rings is 3. The molecule has 286 valence electrons. The fourth-order valence-electron chi connectivity index (χ4n) is 6.95. The van der Waals surface area contributed by atoms with Crippen molar-refractivity contribution in [1.29, 1.82) is 0 Å². The Morgan fingerprint density at radius 3 is 2.48 bits per heavy atom. The summed E-state index contributed by atoms with van der Waals surface area (Å²) in [6, 6.07) is 18.8. The molecule has 2 aliphatic heterocycles. The van der Waals surface area contributed by atoms with E-state index in [0.717, 1.165) is 53.2 Å². The van der Waals surface area contributed by atoms with Gasteiger partial charge in [-0.2, -0.15) is 4.31 Å². The van der Waals surface area contributed by atoms with Crippen LogP contribution >= 0.6 is 0 Å². The number of hydrogen-bond acceptors (Lipinski definition) is 10. The molecule has 5 rings (SSSR count). The number of hydrogen-bond donors (Lipinski definition) is 1. The number of nitrogens with zero attached hydrogens (tertiary/aromatic N) is 2. The number of aliphatic hydroxyl groups is 1. The Morgan fingerprint density at radius 1 is 0.981 bits per heavy atom. The minimum atomic E-state index is -3.85. The van der Waals surface area contributed by atoms with Crippen molar-refractivity contribution in [2.45, 2.75) is 76.0 Å². The van der Waals surface area contributed by atoms with Crippen LogP contribution in [0, 0.1) is 6.92 Å². The normalized spacial score (nSPS) is 20.0. The molecule has 2 aliphatic rings. The zero-order valence-corrected chi connectivity index (χ0v) is 32.2. The van der Waals surface area contributed by atoms with Crippen LogP contribution in [0.25, 0.3) is 0 Å². The van der Waals surface area contributed by atoms with Crippen LogP contribution in [-0.4, -0.2) is 103 Å². The van der Waals surface area contributed by atoms with Crippen molar-refractivity contribution in [1.82, 2.24) is 4.31 Å². The van der Waals surface area contributed by atoms with E-state index in [9.17, 15) is 13.5 Å². The highest BCUT2D eigenvalue weighted by Crippen LogP contribution is 2.40. The number of fused-ring (bicyclic) bond motifs is 1. The topological polar surface area (TPSA) is 116 Å². The molecular formula is C40H56N2O9S. The summed E-state index contributed by atoms with van der Waals surface area (Å²) >= 11 is 0. The molecule has 12 heteroatoms. The number of ether oxygens (including phenoxy) is 6. The quantitative estimate of drug-likeness (QED) is 0.164. The third-order valence-corrected chi connectivity index (χ3v) is 11.7. The highest BCUT2D eigenvalue weighted by Gasteiger charge is 2.47. The zero-order valence-electron chi connectivity index (χ0n) is 31.3. The molecule has 3 aromatic rings. The Balaban J connectivity index is 1.44. The molecule has 0 bridgehead atoms. The van der Waals surface area contributed by atoms with Gasteiger partial charge in [0.15, 0.2) is 0 Å². The predicted molar refractivity (Wildman–Crippen MR) is 200 cm³/mol. The number of methoxy groups -OCH3 is 2. The second kappa shape index (κ2) is 18.8. The number of rotatable bonds is 19. The highest BCUT2D eigenvalue weighted by atomic mass is 32.2. The monoisotopic (exact) mass is 740 g/mol. The van der Waals surface area contributed by atoms with E-state index >= 15 is 0 Å². The van der Waals surface area contributed by atoms with Gasteiger partial charge < -0.3 is 38.4 Å². The van der Waals surface area contributed by atoms with Gasteiger partial charge in [0.05, 0.1) is 49.7 Å². The number of sulfonamides is 1. The standard InChI is InChI=1S/C40H56N2O9S/c1-6-49-31(3)27-48-28-32-10-14-36(34(24-32)16-22-47-5)40(43)17-19-42(52(44,45)35-12-8-30(2)9-13-35)26-39(40)51-29-33-11-15-38-37(25-33)41(20-23-50-38)18-7-21-46-4/h8-15,24-25,31,39,43H,6-7,16-23,26-29H2,1-5H3/t31?,39-,40-/m0/s1. The van der Waals surface area contributed by atoms with Gasteiger partial charge >= 0.3 is 0 Å². The summed E-state index contributed by atoms with van der Waals surface area (Å²) in [5.74, 6) is 0.816. The van der Waals surface area contributed by atoms with Crippen molar-refractivity contribution >= 4 is 15.7 Å². The second-order valence-corrected chi connectivity index (χ2v) is 15.6. The van der Waals surface area contributed by atoms with Gasteiger partial charge in [0.1, 0.15) is 24.1 Å². The lowest BCUT2D eigenvalue weighted by Crippen LogP contribution is -2.56. The molecule has 52 heavy (non-hydrogen) atoms. The van der Waals surface area contributed by atoms with Gasteiger partial charge in [-0.3, -0.25) is 0 Å². The predicted octanol–water partition coefficient (Wildman–Crippen LogP) is 5.23. The van der Waals surface area contributed by atoms with Crippen LogP contribution in [0.4, 0.5) is 5.69 Å². The minimum absolute atomic E-state index is 0.0152. The van der Waals surface area contributed by atoms with Crippen molar-refractivity contribution in [3.8, 4) is 5.75 Å². The maximum atomic E-state index is 13.9. The van der Waals surface area contributed by atoms with E-state index < -0.39 is 21.7 Å². The molecule has 0 aliphatic carbocycles. The summed E-state index contributed by atoms with van der Waals surface area (Å²) in [6.45, 7) is 11.0. The van der Waals surface area contributed by atoms with Crippen LogP contribution in [0.2, 0.25) is 0 Å². The Morgan fingerprint density at radius 2 is 1.73 bits per heavy atom. The number of aryl methyl sites for hydroxylation is 1. The van der Waals surface area contributed by atoms with Gasteiger partial charge in [-0.05, 0) is 86.6 Å². The highest BCUT2D eigenvalue weighted by molar-refractivity contribution is 7.89. The summed E-state index contributed by atoms with van der Waals surface area (Å²) < 4.78 is 64.2. The first-order chi connectivity index (χ1) is 25.1. The SMILES string of the molecule is CCOC(C)COCc1ccc([C@@]2(O)CCN(S(=O)(=O)c3ccc(C)cc3)C[C@@H]2OCc2ccc3c(c2)N(CCCOC)CCO3)c(CCOC)c1. The molecule has 0 saturated carbocycles. The lowest BCUT2D eigenvalue weighted by Gasteiger charge is -2.45. The Hall–Kier alpha value is -3.07. The van der Waals surface area contributed by atoms with Gasteiger partial charge in [0, 0.05) is 47.1 Å². The smallest absolute Gasteiger partial charge is 0.243 e. The zero-order chi connectivity index (χ0) is 37.1. The molecule has 2 heterocycles. The van der Waals surface area contributed by atoms with Crippen LogP contribution in [0.5, 0.6) is 5.75 Å². The molecule has 1 fully saturated rings. The summed E-state index contributed by atoms with van der Waals surface area (Å²) in [5.41, 5.74) is 3.96. The fourth-order valence-corrected chi connectivity index (χ4v) is 8.39. The van der Waals surface area contributed by atoms with E-state index in [1.165, 1.54) is 4.31 Å². The molecule has 3 aromatic carbocycles. The van der Waals surface area contributed by atoms with Crippen LogP contribution in [0.1, 0.15) is 54.5 Å². The van der Waals surface area contributed by atoms with Crippen molar-refractivity contribution < 1.29 is 41.9 Å². The molecule has 0 spiro atoms. The van der Waals surface area contributed by atoms with E-state index in [1.807, 2.05) is 51.1 Å². The van der Waals surface area contributed by atoms with Gasteiger partial charge in [-0.25, -0.2) is 8.42 Å². The Bertz CT molecular complexity index is 1690. The lowest BCUT2D eigenvalue weighted by molar-refractivity contribution is -0.147. The van der Waals surface area contributed by atoms with E-state index in [4.69, 9.17) is 28.4 Å². The van der Waals surface area contributed by atoms with E-state index in [1.54, 1.807) is 38.5 Å². The van der Waals surface area contributed by atoms with Gasteiger partial charge in [0.2, 0.25) is 10.0 Å². The van der Waals surface area contributed by atoms with Gasteiger partial charge in [-0.1, -0.05) is 42.0 Å². The second-order valence-electron chi connectivity index (χ2n) is 13.6. The first kappa shape index (κ1) is 40.1. The maximum absolute atomic E-state index is 13.9. The molecule has 0 radical (unpaired) electrons. The van der Waals surface area contributed by atoms with Gasteiger partial charge in [-0.15, -0.1) is 0 Å². The molecular weight excluding hydrogens is 685 g/mol. The fraction of sp³-hybridized carbons (Fsp3) is 0.550. The molecule has 0 amide bonds. The average molecular weight is 741 g/mol. The summed E-state index contributed by atoms with van der Waals surface area (Å²) in [4.78, 5) is 2.51. The van der Waals surface area contributed by atoms with E-state index in [0.29, 0.717) is 51.6 Å². The minimum Gasteiger partial charge on any atom is -0.490 e. The number of anilines is 1. The third-order valence-electron chi connectivity index (χ3n) is 9.80.